The molecule has 4 nitrogen and oxygen atoms in total. The van der Waals surface area contributed by atoms with Crippen LogP contribution in [0.15, 0.2) is 23.4 Å². The molecule has 1 amide bonds. The Morgan fingerprint density at radius 1 is 1.35 bits per heavy atom. The Morgan fingerprint density at radius 3 is 2.53 bits per heavy atom. The van der Waals surface area contributed by atoms with Crippen LogP contribution < -0.4 is 0 Å². The van der Waals surface area contributed by atoms with Crippen molar-refractivity contribution in [2.24, 2.45) is 5.16 Å². The molecule has 0 unspecified atom stereocenters. The molecule has 0 saturated heterocycles. The third-order valence-electron chi connectivity index (χ3n) is 1.95. The minimum atomic E-state index is -0.547. The van der Waals surface area contributed by atoms with E-state index in [0.29, 0.717) is 21.3 Å². The third-order valence-corrected chi connectivity index (χ3v) is 2.49. The van der Waals surface area contributed by atoms with E-state index in [9.17, 15) is 4.79 Å². The van der Waals surface area contributed by atoms with E-state index in [4.69, 9.17) is 23.2 Å². The number of carbonyl (C=O) groups is 1. The van der Waals surface area contributed by atoms with Gasteiger partial charge in [-0.25, -0.2) is 4.79 Å². The van der Waals surface area contributed by atoms with Crippen LogP contribution in [0.25, 0.3) is 0 Å². The van der Waals surface area contributed by atoms with Crippen molar-refractivity contribution in [3.63, 3.8) is 0 Å². The fourth-order valence-corrected chi connectivity index (χ4v) is 1.57. The van der Waals surface area contributed by atoms with Crippen LogP contribution in [0.1, 0.15) is 12.5 Å². The second kappa shape index (κ2) is 5.89. The first-order valence-electron chi connectivity index (χ1n) is 4.80. The zero-order valence-electron chi connectivity index (χ0n) is 9.70. The Balaban J connectivity index is 2.85. The van der Waals surface area contributed by atoms with Crippen LogP contribution in [0, 0.1) is 0 Å². The van der Waals surface area contributed by atoms with Gasteiger partial charge in [-0.1, -0.05) is 34.4 Å². The summed E-state index contributed by atoms with van der Waals surface area (Å²) in [6.07, 6.45) is -0.547. The summed E-state index contributed by atoms with van der Waals surface area (Å²) in [5.41, 5.74) is 1.17. The summed E-state index contributed by atoms with van der Waals surface area (Å²) < 4.78 is 0. The number of nitrogens with zero attached hydrogens (tertiary/aromatic N) is 2. The molecule has 6 heteroatoms. The number of rotatable bonds is 2. The second-order valence-electron chi connectivity index (χ2n) is 3.55. The molecule has 0 fully saturated rings. The van der Waals surface area contributed by atoms with Gasteiger partial charge in [0.15, 0.2) is 0 Å². The van der Waals surface area contributed by atoms with E-state index >= 15 is 0 Å². The molecule has 0 atom stereocenters. The molecular formula is C11H12Cl2N2O2. The lowest BCUT2D eigenvalue weighted by atomic mass is 10.1. The standard InChI is InChI=1S/C11H12Cl2N2O2/c1-7(14-17-11(16)15(2)3)9-5-4-8(12)6-10(9)13/h4-6H,1-3H3/b14-7+. The molecule has 0 aromatic heterocycles. The minimum absolute atomic E-state index is 0.458. The van der Waals surface area contributed by atoms with Gasteiger partial charge >= 0.3 is 6.09 Å². The van der Waals surface area contributed by atoms with Crippen LogP contribution in [0.2, 0.25) is 10.0 Å². The van der Waals surface area contributed by atoms with Crippen molar-refractivity contribution in [3.05, 3.63) is 33.8 Å². The Bertz CT molecular complexity index is 459. The molecule has 0 aliphatic carbocycles. The summed E-state index contributed by atoms with van der Waals surface area (Å²) in [5.74, 6) is 0. The van der Waals surface area contributed by atoms with Crippen LogP contribution in [0.3, 0.4) is 0 Å². The Labute approximate surface area is 110 Å². The van der Waals surface area contributed by atoms with Crippen LogP contribution in [-0.4, -0.2) is 30.8 Å². The zero-order chi connectivity index (χ0) is 13.0. The first-order chi connectivity index (χ1) is 7.91. The number of benzene rings is 1. The molecule has 0 heterocycles. The third kappa shape index (κ3) is 3.91. The highest BCUT2D eigenvalue weighted by molar-refractivity contribution is 6.36. The molecule has 92 valence electrons. The fraction of sp³-hybridized carbons (Fsp3) is 0.273. The van der Waals surface area contributed by atoms with Crippen molar-refractivity contribution in [1.82, 2.24) is 4.90 Å². The van der Waals surface area contributed by atoms with Gasteiger partial charge in [0.25, 0.3) is 0 Å². The average Bonchev–Trinajstić information content (AvgIpc) is 2.25. The van der Waals surface area contributed by atoms with Crippen molar-refractivity contribution in [2.45, 2.75) is 6.92 Å². The Kier molecular flexibility index (Phi) is 4.78. The van der Waals surface area contributed by atoms with Gasteiger partial charge in [-0.2, -0.15) is 0 Å². The van der Waals surface area contributed by atoms with E-state index in [2.05, 4.69) is 9.99 Å². The Morgan fingerprint density at radius 2 is 2.00 bits per heavy atom. The number of halogens is 2. The maximum Gasteiger partial charge on any atom is 0.435 e. The highest BCUT2D eigenvalue weighted by Gasteiger charge is 2.08. The largest absolute Gasteiger partial charge is 0.435 e. The maximum absolute atomic E-state index is 11.2. The molecule has 1 rings (SSSR count). The summed E-state index contributed by atoms with van der Waals surface area (Å²) in [5, 5.41) is 4.70. The summed E-state index contributed by atoms with van der Waals surface area (Å²) in [4.78, 5) is 17.1. The highest BCUT2D eigenvalue weighted by atomic mass is 35.5. The lowest BCUT2D eigenvalue weighted by Crippen LogP contribution is -2.21. The molecular weight excluding hydrogens is 263 g/mol. The molecule has 1 aromatic carbocycles. The van der Waals surface area contributed by atoms with Crippen molar-refractivity contribution in [3.8, 4) is 0 Å². The number of oxime groups is 1. The number of carbonyl (C=O) groups excluding carboxylic acids is 1. The molecule has 0 N–H and O–H groups in total. The zero-order valence-corrected chi connectivity index (χ0v) is 11.2. The van der Waals surface area contributed by atoms with E-state index in [1.165, 1.54) is 4.90 Å². The van der Waals surface area contributed by atoms with Gasteiger partial charge in [0, 0.05) is 24.7 Å². The summed E-state index contributed by atoms with van der Waals surface area (Å²) >= 11 is 11.8. The second-order valence-corrected chi connectivity index (χ2v) is 4.40. The average molecular weight is 275 g/mol. The summed E-state index contributed by atoms with van der Waals surface area (Å²) in [6.45, 7) is 1.69. The van der Waals surface area contributed by atoms with Gasteiger partial charge in [-0.05, 0) is 19.1 Å². The van der Waals surface area contributed by atoms with Crippen molar-refractivity contribution < 1.29 is 9.63 Å². The Hall–Kier alpha value is -1.26. The van der Waals surface area contributed by atoms with Gasteiger partial charge in [0.2, 0.25) is 0 Å². The smallest absolute Gasteiger partial charge is 0.312 e. The van der Waals surface area contributed by atoms with Gasteiger partial charge in [0.05, 0.1) is 10.7 Å². The van der Waals surface area contributed by atoms with E-state index < -0.39 is 6.09 Å². The maximum atomic E-state index is 11.2. The lowest BCUT2D eigenvalue weighted by Gasteiger charge is -2.07. The first kappa shape index (κ1) is 13.8. The summed E-state index contributed by atoms with van der Waals surface area (Å²) in [6, 6.07) is 5.01. The topological polar surface area (TPSA) is 41.9 Å². The predicted molar refractivity (Wildman–Crippen MR) is 68.8 cm³/mol. The lowest BCUT2D eigenvalue weighted by molar-refractivity contribution is 0.122. The van der Waals surface area contributed by atoms with Crippen LogP contribution in [-0.2, 0) is 4.84 Å². The molecule has 0 aliphatic heterocycles. The molecule has 1 aromatic rings. The quantitative estimate of drug-likeness (QED) is 0.471. The van der Waals surface area contributed by atoms with Crippen molar-refractivity contribution >= 4 is 35.0 Å². The van der Waals surface area contributed by atoms with Crippen molar-refractivity contribution in [1.29, 1.82) is 0 Å². The minimum Gasteiger partial charge on any atom is -0.312 e. The van der Waals surface area contributed by atoms with Crippen LogP contribution in [0.5, 0.6) is 0 Å². The van der Waals surface area contributed by atoms with Crippen LogP contribution in [0.4, 0.5) is 4.79 Å². The van der Waals surface area contributed by atoms with Gasteiger partial charge in [-0.3, -0.25) is 4.84 Å². The van der Waals surface area contributed by atoms with Gasteiger partial charge in [0.1, 0.15) is 0 Å². The monoisotopic (exact) mass is 274 g/mol. The van der Waals surface area contributed by atoms with E-state index in [1.54, 1.807) is 39.2 Å². The predicted octanol–water partition coefficient (Wildman–Crippen LogP) is 3.42. The number of amides is 1. The van der Waals surface area contributed by atoms with E-state index in [-0.39, 0.29) is 0 Å². The molecule has 0 aliphatic rings. The van der Waals surface area contributed by atoms with E-state index in [1.807, 2.05) is 0 Å². The van der Waals surface area contributed by atoms with E-state index in [0.717, 1.165) is 0 Å². The van der Waals surface area contributed by atoms with Crippen LogP contribution >= 0.6 is 23.2 Å². The first-order valence-corrected chi connectivity index (χ1v) is 5.55. The molecule has 17 heavy (non-hydrogen) atoms. The SMILES string of the molecule is C/C(=N\OC(=O)N(C)C)c1ccc(Cl)cc1Cl. The molecule has 0 saturated carbocycles. The summed E-state index contributed by atoms with van der Waals surface area (Å²) in [7, 11) is 3.14. The number of hydrogen-bond donors (Lipinski definition) is 0. The molecule has 0 bridgehead atoms. The highest BCUT2D eigenvalue weighted by Crippen LogP contribution is 2.21. The molecule has 0 spiro atoms. The van der Waals surface area contributed by atoms with Gasteiger partial charge in [-0.15, -0.1) is 0 Å². The molecule has 0 radical (unpaired) electrons. The van der Waals surface area contributed by atoms with Gasteiger partial charge < -0.3 is 4.90 Å². The van der Waals surface area contributed by atoms with Crippen molar-refractivity contribution in [2.75, 3.05) is 14.1 Å². The number of hydrogen-bond acceptors (Lipinski definition) is 3. The fourth-order valence-electron chi connectivity index (χ4n) is 1.02. The normalized spacial score (nSPS) is 11.2.